The van der Waals surface area contributed by atoms with E-state index in [9.17, 15) is 18.4 Å². The monoisotopic (exact) mass is 267 g/mol. The molecule has 0 unspecified atom stereocenters. The SMILES string of the molecule is O=C(O)c1ccc(C(=O)Nc2cc(F)cc(F)c2)o1. The molecule has 0 aliphatic rings. The fourth-order valence-electron chi connectivity index (χ4n) is 1.39. The number of carbonyl (C=O) groups is 2. The third kappa shape index (κ3) is 2.95. The summed E-state index contributed by atoms with van der Waals surface area (Å²) in [6.07, 6.45) is 0. The number of carbonyl (C=O) groups excluding carboxylic acids is 1. The molecular formula is C12H7F2NO4. The van der Waals surface area contributed by atoms with Crippen LogP contribution >= 0.6 is 0 Å². The van der Waals surface area contributed by atoms with Gasteiger partial charge in [-0.3, -0.25) is 4.79 Å². The average molecular weight is 267 g/mol. The van der Waals surface area contributed by atoms with E-state index in [4.69, 9.17) is 9.52 Å². The summed E-state index contributed by atoms with van der Waals surface area (Å²) < 4.78 is 30.5. The van der Waals surface area contributed by atoms with Gasteiger partial charge in [0.1, 0.15) is 11.6 Å². The molecule has 0 aliphatic carbocycles. The van der Waals surface area contributed by atoms with Crippen molar-refractivity contribution in [1.29, 1.82) is 0 Å². The van der Waals surface area contributed by atoms with Crippen LogP contribution in [0.3, 0.4) is 0 Å². The van der Waals surface area contributed by atoms with Gasteiger partial charge >= 0.3 is 5.97 Å². The minimum Gasteiger partial charge on any atom is -0.475 e. The molecular weight excluding hydrogens is 260 g/mol. The Balaban J connectivity index is 2.18. The van der Waals surface area contributed by atoms with Gasteiger partial charge in [-0.1, -0.05) is 0 Å². The number of anilines is 1. The Kier molecular flexibility index (Phi) is 3.28. The van der Waals surface area contributed by atoms with Gasteiger partial charge in [0.25, 0.3) is 5.91 Å². The predicted molar refractivity (Wildman–Crippen MR) is 60.0 cm³/mol. The van der Waals surface area contributed by atoms with E-state index in [1.807, 2.05) is 0 Å². The molecule has 0 saturated heterocycles. The zero-order chi connectivity index (χ0) is 14.0. The van der Waals surface area contributed by atoms with Crippen molar-refractivity contribution in [2.75, 3.05) is 5.32 Å². The number of carboxylic acid groups (broad SMARTS) is 1. The third-order valence-electron chi connectivity index (χ3n) is 2.16. The standard InChI is InChI=1S/C12H7F2NO4/c13-6-3-7(14)5-8(4-6)15-11(16)9-1-2-10(19-9)12(17)18/h1-5H,(H,15,16)(H,17,18). The molecule has 1 amide bonds. The Bertz CT molecular complexity index is 631. The molecule has 0 fully saturated rings. The number of hydrogen-bond donors (Lipinski definition) is 2. The minimum absolute atomic E-state index is 0.101. The highest BCUT2D eigenvalue weighted by atomic mass is 19.1. The molecule has 2 N–H and O–H groups in total. The van der Waals surface area contributed by atoms with E-state index in [-0.39, 0.29) is 11.4 Å². The van der Waals surface area contributed by atoms with E-state index in [1.165, 1.54) is 0 Å². The van der Waals surface area contributed by atoms with Crippen LogP contribution in [0, 0.1) is 11.6 Å². The van der Waals surface area contributed by atoms with Crippen molar-refractivity contribution in [3.05, 3.63) is 53.5 Å². The van der Waals surface area contributed by atoms with Gasteiger partial charge in [0.05, 0.1) is 0 Å². The van der Waals surface area contributed by atoms with Crippen molar-refractivity contribution < 1.29 is 27.9 Å². The van der Waals surface area contributed by atoms with Gasteiger partial charge in [-0.25, -0.2) is 13.6 Å². The van der Waals surface area contributed by atoms with Crippen LogP contribution in [0.4, 0.5) is 14.5 Å². The number of amides is 1. The van der Waals surface area contributed by atoms with Crippen LogP contribution in [-0.4, -0.2) is 17.0 Å². The lowest BCUT2D eigenvalue weighted by Crippen LogP contribution is -2.11. The molecule has 0 spiro atoms. The van der Waals surface area contributed by atoms with Crippen LogP contribution in [0.15, 0.2) is 34.7 Å². The van der Waals surface area contributed by atoms with Crippen molar-refractivity contribution in [2.24, 2.45) is 0 Å². The van der Waals surface area contributed by atoms with Gasteiger partial charge in [-0.05, 0) is 24.3 Å². The second kappa shape index (κ2) is 4.89. The highest BCUT2D eigenvalue weighted by Gasteiger charge is 2.15. The molecule has 0 saturated carbocycles. The minimum atomic E-state index is -1.32. The van der Waals surface area contributed by atoms with Crippen molar-refractivity contribution in [2.45, 2.75) is 0 Å². The Morgan fingerprint density at radius 2 is 1.63 bits per heavy atom. The van der Waals surface area contributed by atoms with Crippen LogP contribution in [0.25, 0.3) is 0 Å². The molecule has 0 bridgehead atoms. The number of rotatable bonds is 3. The largest absolute Gasteiger partial charge is 0.475 e. The molecule has 5 nitrogen and oxygen atoms in total. The topological polar surface area (TPSA) is 79.5 Å². The Labute approximate surface area is 105 Å². The normalized spacial score (nSPS) is 10.2. The van der Waals surface area contributed by atoms with E-state index in [0.29, 0.717) is 6.07 Å². The number of hydrogen-bond acceptors (Lipinski definition) is 3. The summed E-state index contributed by atoms with van der Waals surface area (Å²) in [5, 5.41) is 10.8. The summed E-state index contributed by atoms with van der Waals surface area (Å²) in [5.41, 5.74) is -0.101. The third-order valence-corrected chi connectivity index (χ3v) is 2.16. The Morgan fingerprint density at radius 1 is 1.05 bits per heavy atom. The fraction of sp³-hybridized carbons (Fsp3) is 0. The summed E-state index contributed by atoms with van der Waals surface area (Å²) in [7, 11) is 0. The number of nitrogens with one attached hydrogen (secondary N) is 1. The molecule has 2 aromatic rings. The molecule has 19 heavy (non-hydrogen) atoms. The summed E-state index contributed by atoms with van der Waals surface area (Å²) in [5.74, 6) is -4.51. The number of carboxylic acids is 1. The second-order valence-corrected chi connectivity index (χ2v) is 3.58. The van der Waals surface area contributed by atoms with Gasteiger partial charge < -0.3 is 14.8 Å². The van der Waals surface area contributed by atoms with E-state index < -0.39 is 29.3 Å². The van der Waals surface area contributed by atoms with Gasteiger partial charge in [0.2, 0.25) is 5.76 Å². The second-order valence-electron chi connectivity index (χ2n) is 3.58. The van der Waals surface area contributed by atoms with Crippen molar-refractivity contribution in [3.8, 4) is 0 Å². The van der Waals surface area contributed by atoms with Gasteiger partial charge in [-0.15, -0.1) is 0 Å². The average Bonchev–Trinajstić information content (AvgIpc) is 2.76. The molecule has 2 rings (SSSR count). The summed E-state index contributed by atoms with van der Waals surface area (Å²) in [6.45, 7) is 0. The van der Waals surface area contributed by atoms with Crippen molar-refractivity contribution in [3.63, 3.8) is 0 Å². The summed E-state index contributed by atoms with van der Waals surface area (Å²) in [4.78, 5) is 22.2. The van der Waals surface area contributed by atoms with Crippen LogP contribution < -0.4 is 5.32 Å². The van der Waals surface area contributed by atoms with Gasteiger partial charge in [0.15, 0.2) is 5.76 Å². The fourth-order valence-corrected chi connectivity index (χ4v) is 1.39. The maximum Gasteiger partial charge on any atom is 0.371 e. The van der Waals surface area contributed by atoms with Crippen LogP contribution in [-0.2, 0) is 0 Å². The Hall–Kier alpha value is -2.70. The lowest BCUT2D eigenvalue weighted by atomic mass is 10.3. The van der Waals surface area contributed by atoms with E-state index in [1.54, 1.807) is 0 Å². The first-order valence-corrected chi connectivity index (χ1v) is 5.06. The smallest absolute Gasteiger partial charge is 0.371 e. The lowest BCUT2D eigenvalue weighted by molar-refractivity contribution is 0.0660. The molecule has 1 heterocycles. The van der Waals surface area contributed by atoms with E-state index in [0.717, 1.165) is 24.3 Å². The number of aromatic carboxylic acids is 1. The number of furan rings is 1. The van der Waals surface area contributed by atoms with Gasteiger partial charge in [0, 0.05) is 11.8 Å². The van der Waals surface area contributed by atoms with Crippen LogP contribution in [0.2, 0.25) is 0 Å². The zero-order valence-corrected chi connectivity index (χ0v) is 9.31. The highest BCUT2D eigenvalue weighted by molar-refractivity contribution is 6.02. The lowest BCUT2D eigenvalue weighted by Gasteiger charge is -2.03. The summed E-state index contributed by atoms with van der Waals surface area (Å²) in [6, 6.07) is 4.74. The highest BCUT2D eigenvalue weighted by Crippen LogP contribution is 2.15. The molecule has 0 atom stereocenters. The quantitative estimate of drug-likeness (QED) is 0.895. The van der Waals surface area contributed by atoms with Crippen LogP contribution in [0.1, 0.15) is 21.1 Å². The first kappa shape index (κ1) is 12.7. The van der Waals surface area contributed by atoms with Gasteiger partial charge in [-0.2, -0.15) is 0 Å². The maximum atomic E-state index is 12.9. The molecule has 98 valence electrons. The zero-order valence-electron chi connectivity index (χ0n) is 9.31. The number of benzene rings is 1. The molecule has 0 aliphatic heterocycles. The van der Waals surface area contributed by atoms with Crippen molar-refractivity contribution in [1.82, 2.24) is 0 Å². The molecule has 1 aromatic carbocycles. The number of halogens is 2. The van der Waals surface area contributed by atoms with Crippen LogP contribution in [0.5, 0.6) is 0 Å². The molecule has 0 radical (unpaired) electrons. The first-order chi connectivity index (χ1) is 8.95. The molecule has 1 aromatic heterocycles. The molecule has 7 heteroatoms. The van der Waals surface area contributed by atoms with Crippen molar-refractivity contribution >= 4 is 17.6 Å². The maximum absolute atomic E-state index is 12.9. The van der Waals surface area contributed by atoms with E-state index >= 15 is 0 Å². The summed E-state index contributed by atoms with van der Waals surface area (Å²) >= 11 is 0. The van der Waals surface area contributed by atoms with E-state index in [2.05, 4.69) is 5.32 Å². The Morgan fingerprint density at radius 3 is 2.16 bits per heavy atom. The predicted octanol–water partition coefficient (Wildman–Crippen LogP) is 2.51. The first-order valence-electron chi connectivity index (χ1n) is 5.06.